The Morgan fingerprint density at radius 2 is 1.57 bits per heavy atom. The number of hydrogen-bond acceptors (Lipinski definition) is 3. The second kappa shape index (κ2) is 8.49. The van der Waals surface area contributed by atoms with E-state index in [-0.39, 0.29) is 29.0 Å². The minimum Gasteiger partial charge on any atom is -0.342 e. The minimum atomic E-state index is -4.53. The van der Waals surface area contributed by atoms with Crippen molar-refractivity contribution in [3.63, 3.8) is 0 Å². The zero-order chi connectivity index (χ0) is 20.3. The number of pyridine rings is 1. The van der Waals surface area contributed by atoms with Gasteiger partial charge >= 0.3 is 6.18 Å². The molecule has 2 amide bonds. The van der Waals surface area contributed by atoms with Crippen molar-refractivity contribution in [3.8, 4) is 0 Å². The van der Waals surface area contributed by atoms with Crippen molar-refractivity contribution in [2.45, 2.75) is 51.6 Å². The summed E-state index contributed by atoms with van der Waals surface area (Å²) in [6, 6.07) is 2.04. The van der Waals surface area contributed by atoms with Crippen molar-refractivity contribution in [1.29, 1.82) is 0 Å². The van der Waals surface area contributed by atoms with Crippen molar-refractivity contribution in [3.05, 3.63) is 29.1 Å². The molecule has 2 aliphatic heterocycles. The average molecular weight is 397 g/mol. The maximum Gasteiger partial charge on any atom is 0.433 e. The molecule has 8 heteroatoms. The van der Waals surface area contributed by atoms with Crippen LogP contribution < -0.4 is 0 Å². The first-order chi connectivity index (χ1) is 13.3. The first kappa shape index (κ1) is 20.6. The van der Waals surface area contributed by atoms with Crippen LogP contribution in [-0.4, -0.2) is 52.8 Å². The second-order valence-corrected chi connectivity index (χ2v) is 7.63. The molecule has 0 N–H and O–H groups in total. The number of hydrogen-bond donors (Lipinski definition) is 0. The van der Waals surface area contributed by atoms with Crippen LogP contribution in [0.5, 0.6) is 0 Å². The molecule has 3 rings (SSSR count). The van der Waals surface area contributed by atoms with E-state index in [9.17, 15) is 22.8 Å². The van der Waals surface area contributed by atoms with E-state index in [0.717, 1.165) is 44.8 Å². The quantitative estimate of drug-likeness (QED) is 0.765. The Labute approximate surface area is 162 Å². The molecule has 154 valence electrons. The van der Waals surface area contributed by atoms with Crippen molar-refractivity contribution < 1.29 is 22.8 Å². The largest absolute Gasteiger partial charge is 0.433 e. The summed E-state index contributed by atoms with van der Waals surface area (Å²) in [6.45, 7) is 3.91. The van der Waals surface area contributed by atoms with Gasteiger partial charge in [0, 0.05) is 32.1 Å². The summed E-state index contributed by atoms with van der Waals surface area (Å²) < 4.78 is 38.3. The Morgan fingerprint density at radius 3 is 2.11 bits per heavy atom. The van der Waals surface area contributed by atoms with Crippen LogP contribution in [0.2, 0.25) is 0 Å². The highest BCUT2D eigenvalue weighted by Gasteiger charge is 2.34. The second-order valence-electron chi connectivity index (χ2n) is 7.63. The summed E-state index contributed by atoms with van der Waals surface area (Å²) in [6.07, 6.45) is 1.07. The fourth-order valence-electron chi connectivity index (χ4n) is 3.99. The number of carbonyl (C=O) groups excluding carboxylic acids is 2. The molecule has 0 bridgehead atoms. The molecule has 0 aromatic carbocycles. The fourth-order valence-corrected chi connectivity index (χ4v) is 3.99. The fraction of sp³-hybridized carbons (Fsp3) is 0.650. The van der Waals surface area contributed by atoms with E-state index in [4.69, 9.17) is 0 Å². The zero-order valence-corrected chi connectivity index (χ0v) is 16.1. The van der Waals surface area contributed by atoms with Gasteiger partial charge < -0.3 is 9.80 Å². The van der Waals surface area contributed by atoms with E-state index in [0.29, 0.717) is 25.9 Å². The van der Waals surface area contributed by atoms with Crippen LogP contribution in [0.1, 0.15) is 60.3 Å². The number of aromatic nitrogens is 1. The van der Waals surface area contributed by atoms with Crippen LogP contribution >= 0.6 is 0 Å². The molecule has 0 radical (unpaired) electrons. The lowest BCUT2D eigenvalue weighted by Gasteiger charge is -2.34. The summed E-state index contributed by atoms with van der Waals surface area (Å²) in [5.74, 6) is -0.213. The summed E-state index contributed by atoms with van der Waals surface area (Å²) in [4.78, 5) is 32.6. The molecule has 1 aromatic heterocycles. The van der Waals surface area contributed by atoms with Gasteiger partial charge in [-0.05, 0) is 44.7 Å². The molecule has 28 heavy (non-hydrogen) atoms. The summed E-state index contributed by atoms with van der Waals surface area (Å²) in [5.41, 5.74) is -0.740. The van der Waals surface area contributed by atoms with Crippen molar-refractivity contribution >= 4 is 11.8 Å². The van der Waals surface area contributed by atoms with Crippen LogP contribution in [0.3, 0.4) is 0 Å². The van der Waals surface area contributed by atoms with Crippen LogP contribution in [0, 0.1) is 12.8 Å². The van der Waals surface area contributed by atoms with E-state index < -0.39 is 11.9 Å². The molecule has 2 fully saturated rings. The Bertz CT molecular complexity index is 720. The third kappa shape index (κ3) is 4.64. The summed E-state index contributed by atoms with van der Waals surface area (Å²) in [7, 11) is 0. The lowest BCUT2D eigenvalue weighted by atomic mass is 9.94. The molecule has 0 atom stereocenters. The molecule has 0 unspecified atom stereocenters. The van der Waals surface area contributed by atoms with Gasteiger partial charge in [-0.1, -0.05) is 12.8 Å². The first-order valence-electron chi connectivity index (χ1n) is 9.90. The first-order valence-corrected chi connectivity index (χ1v) is 9.90. The van der Waals surface area contributed by atoms with E-state index in [2.05, 4.69) is 4.98 Å². The van der Waals surface area contributed by atoms with Gasteiger partial charge in [-0.25, -0.2) is 4.98 Å². The predicted octanol–water partition coefficient (Wildman–Crippen LogP) is 3.66. The highest BCUT2D eigenvalue weighted by Crippen LogP contribution is 2.29. The number of likely N-dealkylation sites (tertiary alicyclic amines) is 2. The zero-order valence-electron chi connectivity index (χ0n) is 16.1. The molecule has 2 saturated heterocycles. The number of piperidine rings is 1. The molecule has 0 saturated carbocycles. The number of nitrogens with zero attached hydrogens (tertiary/aromatic N) is 3. The number of alkyl halides is 3. The van der Waals surface area contributed by atoms with Crippen LogP contribution in [0.25, 0.3) is 0 Å². The minimum absolute atomic E-state index is 0.0718. The molecule has 1 aromatic rings. The molecule has 2 aliphatic rings. The maximum absolute atomic E-state index is 12.8. The topological polar surface area (TPSA) is 53.5 Å². The third-order valence-corrected chi connectivity index (χ3v) is 5.66. The van der Waals surface area contributed by atoms with Crippen LogP contribution in [0.15, 0.2) is 12.1 Å². The number of amides is 2. The molecule has 0 aliphatic carbocycles. The number of carbonyl (C=O) groups is 2. The average Bonchev–Trinajstić information content (AvgIpc) is 2.96. The number of halogens is 3. The summed E-state index contributed by atoms with van der Waals surface area (Å²) in [5, 5.41) is 0. The lowest BCUT2D eigenvalue weighted by Crippen LogP contribution is -2.44. The molecule has 0 spiro atoms. The number of aryl methyl sites for hydroxylation is 1. The highest BCUT2D eigenvalue weighted by atomic mass is 19.4. The normalized spacial score (nSPS) is 19.4. The van der Waals surface area contributed by atoms with E-state index in [1.54, 1.807) is 4.90 Å². The smallest absolute Gasteiger partial charge is 0.342 e. The van der Waals surface area contributed by atoms with E-state index >= 15 is 0 Å². The Kier molecular flexibility index (Phi) is 6.25. The van der Waals surface area contributed by atoms with Crippen LogP contribution in [0.4, 0.5) is 13.2 Å². The van der Waals surface area contributed by atoms with Crippen molar-refractivity contribution in [2.24, 2.45) is 5.92 Å². The van der Waals surface area contributed by atoms with Gasteiger partial charge in [0.2, 0.25) is 5.91 Å². The predicted molar refractivity (Wildman–Crippen MR) is 97.7 cm³/mol. The van der Waals surface area contributed by atoms with Crippen molar-refractivity contribution in [2.75, 3.05) is 26.2 Å². The van der Waals surface area contributed by atoms with Gasteiger partial charge in [0.05, 0.1) is 11.3 Å². The van der Waals surface area contributed by atoms with Gasteiger partial charge in [-0.3, -0.25) is 9.59 Å². The lowest BCUT2D eigenvalue weighted by molar-refractivity contribution is -0.141. The molecule has 3 heterocycles. The van der Waals surface area contributed by atoms with Gasteiger partial charge in [0.15, 0.2) is 0 Å². The van der Waals surface area contributed by atoms with Crippen molar-refractivity contribution in [1.82, 2.24) is 14.8 Å². The standard InChI is InChI=1S/C20H26F3N3O2/c1-14-16(6-7-17(24-14)20(21,22)23)19(28)26-12-8-15(9-13-26)18(27)25-10-4-2-3-5-11-25/h6-7,15H,2-5,8-13H2,1H3. The van der Waals surface area contributed by atoms with Gasteiger partial charge in [-0.15, -0.1) is 0 Å². The molecular formula is C20H26F3N3O2. The van der Waals surface area contributed by atoms with Crippen LogP contribution in [-0.2, 0) is 11.0 Å². The Hall–Kier alpha value is -2.12. The monoisotopic (exact) mass is 397 g/mol. The molecule has 5 nitrogen and oxygen atoms in total. The van der Waals surface area contributed by atoms with Gasteiger partial charge in [0.25, 0.3) is 5.91 Å². The maximum atomic E-state index is 12.8. The van der Waals surface area contributed by atoms with E-state index in [1.165, 1.54) is 13.0 Å². The van der Waals surface area contributed by atoms with Gasteiger partial charge in [0.1, 0.15) is 5.69 Å². The highest BCUT2D eigenvalue weighted by molar-refractivity contribution is 5.95. The van der Waals surface area contributed by atoms with Gasteiger partial charge in [-0.2, -0.15) is 13.2 Å². The molecular weight excluding hydrogens is 371 g/mol. The number of rotatable bonds is 2. The summed E-state index contributed by atoms with van der Waals surface area (Å²) >= 11 is 0. The third-order valence-electron chi connectivity index (χ3n) is 5.66. The Balaban J connectivity index is 1.60. The van der Waals surface area contributed by atoms with E-state index in [1.807, 2.05) is 4.90 Å². The SMILES string of the molecule is Cc1nc(C(F)(F)F)ccc1C(=O)N1CCC(C(=O)N2CCCCCC2)CC1. The Morgan fingerprint density at radius 1 is 0.964 bits per heavy atom.